The summed E-state index contributed by atoms with van der Waals surface area (Å²) in [4.78, 5) is 50.0. The van der Waals surface area contributed by atoms with E-state index in [9.17, 15) is 0 Å². The van der Waals surface area contributed by atoms with Crippen LogP contribution in [0.4, 0.5) is 28.8 Å². The van der Waals surface area contributed by atoms with Gasteiger partial charge in [0, 0.05) is 63.2 Å². The Labute approximate surface area is 189 Å². The van der Waals surface area contributed by atoms with E-state index in [4.69, 9.17) is 90.0 Å². The number of rotatable bonds is 0. The van der Waals surface area contributed by atoms with Crippen LogP contribution in [0.2, 0.25) is 0 Å². The smallest absolute Gasteiger partial charge is 0 e. The number of carboxylic acid groups (broad SMARTS) is 12. The van der Waals surface area contributed by atoms with Gasteiger partial charge in [-0.15, -0.1) is 0 Å². The summed E-state index contributed by atoms with van der Waals surface area (Å²) in [5.41, 5.74) is 0. The van der Waals surface area contributed by atoms with E-state index < -0.39 is 36.9 Å². The molecule has 0 atom stereocenters. The first-order chi connectivity index (χ1) is 10.4. The molecule has 0 spiro atoms. The van der Waals surface area contributed by atoms with Gasteiger partial charge in [0.2, 0.25) is 0 Å². The fourth-order valence-electron chi connectivity index (χ4n) is 0. The monoisotopic (exact) mass is 912 g/mol. The molecule has 0 saturated heterocycles. The van der Waals surface area contributed by atoms with Crippen molar-refractivity contribution >= 4 is 36.9 Å². The van der Waals surface area contributed by atoms with Crippen molar-refractivity contribution in [1.82, 2.24) is 0 Å². The van der Waals surface area contributed by atoms with Gasteiger partial charge in [-0.25, -0.2) is 0 Å². The third-order valence-electron chi connectivity index (χ3n) is 0. The summed E-state index contributed by atoms with van der Waals surface area (Å²) < 4.78 is 0. The van der Waals surface area contributed by atoms with Crippen molar-refractivity contribution in [2.24, 2.45) is 0 Å². The standard InChI is InChI=1S/6CH2O3.3W/c6*2-1(3)4;;;/h6*(H2,2,3,4);;;/p-12. The van der Waals surface area contributed by atoms with Crippen LogP contribution < -0.4 is 61.3 Å². The molecule has 0 aliphatic carbocycles. The average molecular weight is 912 g/mol. The predicted octanol–water partition coefficient (Wildman–Crippen LogP) is -14.7. The van der Waals surface area contributed by atoms with Crippen molar-refractivity contribution in [2.45, 2.75) is 0 Å². The van der Waals surface area contributed by atoms with Crippen molar-refractivity contribution < 1.29 is 153 Å². The molecule has 0 aromatic rings. The summed E-state index contributed by atoms with van der Waals surface area (Å²) >= 11 is 0. The van der Waals surface area contributed by atoms with Gasteiger partial charge in [0.05, 0.1) is 0 Å². The second-order valence-electron chi connectivity index (χ2n) is 1.50. The maximum absolute atomic E-state index is 8.33. The van der Waals surface area contributed by atoms with Crippen molar-refractivity contribution in [3.05, 3.63) is 0 Å². The summed E-state index contributed by atoms with van der Waals surface area (Å²) in [5, 5.41) is 100. The molecule has 0 bridgehead atoms. The first kappa shape index (κ1) is 56.3. The largest absolute Gasteiger partial charge is 0.652 e. The minimum atomic E-state index is -2.33. The van der Waals surface area contributed by atoms with Crippen LogP contribution in [0.15, 0.2) is 0 Å². The molecule has 21 heteroatoms. The third kappa shape index (κ3) is 2080. The summed E-state index contributed by atoms with van der Waals surface area (Å²) in [7, 11) is 0. The molecule has 0 aromatic heterocycles. The number of carbonyl (C=O) groups excluding carboxylic acids is 6. The minimum absolute atomic E-state index is 0. The number of hydrogen-bond acceptors (Lipinski definition) is 18. The Balaban J connectivity index is -0.0000000201. The average Bonchev–Trinajstić information content (AvgIpc) is 2.08. The van der Waals surface area contributed by atoms with E-state index in [0.29, 0.717) is 0 Å². The van der Waals surface area contributed by atoms with E-state index in [0.717, 1.165) is 0 Å². The van der Waals surface area contributed by atoms with Gasteiger partial charge < -0.3 is 90.0 Å². The van der Waals surface area contributed by atoms with Crippen molar-refractivity contribution in [1.29, 1.82) is 0 Å². The van der Waals surface area contributed by atoms with Crippen molar-refractivity contribution in [3.63, 3.8) is 0 Å². The molecule has 162 valence electrons. The molecule has 0 heterocycles. The van der Waals surface area contributed by atoms with Crippen LogP contribution in [-0.2, 0) is 63.2 Å². The van der Waals surface area contributed by atoms with Crippen LogP contribution in [0, 0.1) is 0 Å². The van der Waals surface area contributed by atoms with Gasteiger partial charge >= 0.3 is 0 Å². The first-order valence-corrected chi connectivity index (χ1v) is 3.67. The van der Waals surface area contributed by atoms with Crippen LogP contribution in [0.1, 0.15) is 0 Å². The summed E-state index contributed by atoms with van der Waals surface area (Å²) in [6.07, 6.45) is -14.0. The zero-order chi connectivity index (χ0) is 21.5. The predicted molar refractivity (Wildman–Crippen MR) is 32.4 cm³/mol. The maximum atomic E-state index is 8.33. The molecule has 0 radical (unpaired) electrons. The molecule has 0 aliphatic rings. The molecule has 0 rings (SSSR count). The molecular weight excluding hydrogens is 912 g/mol. The van der Waals surface area contributed by atoms with Gasteiger partial charge in [-0.2, -0.15) is 0 Å². The molecule has 0 N–H and O–H groups in total. The fraction of sp³-hybridized carbons (Fsp3) is 0. The van der Waals surface area contributed by atoms with Gasteiger partial charge in [0.15, 0.2) is 0 Å². The molecule has 0 amide bonds. The Bertz CT molecular complexity index is 264. The molecule has 18 nitrogen and oxygen atoms in total. The molecule has 0 unspecified atom stereocenters. The zero-order valence-corrected chi connectivity index (χ0v) is 20.4. The molecule has 0 aliphatic heterocycles. The molecule has 0 aromatic carbocycles. The van der Waals surface area contributed by atoms with Crippen LogP contribution in [0.3, 0.4) is 0 Å². The Morgan fingerprint density at radius 1 is 0.259 bits per heavy atom. The normalized spacial score (nSPS) is 5.33. The third-order valence-corrected chi connectivity index (χ3v) is 0. The Morgan fingerprint density at radius 3 is 0.259 bits per heavy atom. The zero-order valence-electron chi connectivity index (χ0n) is 11.6. The van der Waals surface area contributed by atoms with E-state index in [1.165, 1.54) is 0 Å². The van der Waals surface area contributed by atoms with Crippen LogP contribution >= 0.6 is 0 Å². The maximum Gasteiger partial charge on any atom is 0 e. The molecule has 0 saturated carbocycles. The topological polar surface area (TPSA) is 379 Å². The molecule has 27 heavy (non-hydrogen) atoms. The molecule has 0 fully saturated rings. The van der Waals surface area contributed by atoms with Crippen LogP contribution in [0.25, 0.3) is 0 Å². The van der Waals surface area contributed by atoms with Gasteiger partial charge in [0.1, 0.15) is 0 Å². The summed E-state index contributed by atoms with van der Waals surface area (Å²) in [6, 6.07) is 0. The van der Waals surface area contributed by atoms with E-state index in [1.54, 1.807) is 0 Å². The van der Waals surface area contributed by atoms with Crippen molar-refractivity contribution in [2.75, 3.05) is 0 Å². The first-order valence-electron chi connectivity index (χ1n) is 3.67. The fourth-order valence-corrected chi connectivity index (χ4v) is 0. The Hall–Kier alpha value is -2.32. The minimum Gasteiger partial charge on any atom is -0.652 e. The SMILES string of the molecule is O=C([O-])[O-].O=C([O-])[O-].O=C([O-])[O-].O=C([O-])[O-].O=C([O-])[O-].O=C([O-])[O-].[W].[W].[W]. The van der Waals surface area contributed by atoms with Crippen LogP contribution in [-0.4, -0.2) is 36.9 Å². The van der Waals surface area contributed by atoms with Gasteiger partial charge in [-0.1, -0.05) is 0 Å². The van der Waals surface area contributed by atoms with Gasteiger partial charge in [-0.05, 0) is 36.9 Å². The van der Waals surface area contributed by atoms with Gasteiger partial charge in [0.25, 0.3) is 0 Å². The van der Waals surface area contributed by atoms with E-state index in [2.05, 4.69) is 0 Å². The van der Waals surface area contributed by atoms with E-state index >= 15 is 0 Å². The summed E-state index contributed by atoms with van der Waals surface area (Å²) in [6.45, 7) is 0. The molecular formula is C6O18W3-12. The quantitative estimate of drug-likeness (QED) is 0.218. The Morgan fingerprint density at radius 2 is 0.259 bits per heavy atom. The van der Waals surface area contributed by atoms with E-state index in [-0.39, 0.29) is 63.2 Å². The second kappa shape index (κ2) is 49.5. The van der Waals surface area contributed by atoms with Crippen molar-refractivity contribution in [3.8, 4) is 0 Å². The second-order valence-corrected chi connectivity index (χ2v) is 1.50. The number of carbonyl (C=O) groups is 6. The van der Waals surface area contributed by atoms with E-state index in [1.807, 2.05) is 0 Å². The van der Waals surface area contributed by atoms with Crippen LogP contribution in [0.5, 0.6) is 0 Å². The Kier molecular flexibility index (Phi) is 103. The summed E-state index contributed by atoms with van der Waals surface area (Å²) in [5.74, 6) is 0. The number of hydrogen-bond donors (Lipinski definition) is 0. The van der Waals surface area contributed by atoms with Gasteiger partial charge in [-0.3, -0.25) is 0 Å².